The van der Waals surface area contributed by atoms with Gasteiger partial charge in [0.1, 0.15) is 0 Å². The molecule has 0 aliphatic carbocycles. The van der Waals surface area contributed by atoms with Crippen LogP contribution in [0.15, 0.2) is 60.7 Å². The van der Waals surface area contributed by atoms with Crippen molar-refractivity contribution in [1.29, 1.82) is 0 Å². The third-order valence-electron chi connectivity index (χ3n) is 4.97. The van der Waals surface area contributed by atoms with E-state index in [1.807, 2.05) is 30.3 Å². The van der Waals surface area contributed by atoms with E-state index >= 15 is 0 Å². The van der Waals surface area contributed by atoms with E-state index < -0.39 is 0 Å². The second-order valence-corrected chi connectivity index (χ2v) is 6.51. The highest BCUT2D eigenvalue weighted by Gasteiger charge is 2.33. The van der Waals surface area contributed by atoms with Gasteiger partial charge in [-0.1, -0.05) is 60.7 Å². The Morgan fingerprint density at radius 3 is 2.16 bits per heavy atom. The Morgan fingerprint density at radius 1 is 1.04 bits per heavy atom. The minimum atomic E-state index is -0.143. The maximum Gasteiger partial charge on any atom is 0.313 e. The molecule has 0 bridgehead atoms. The Kier molecular flexibility index (Phi) is 7.48. The first-order valence-corrected chi connectivity index (χ1v) is 8.67. The van der Waals surface area contributed by atoms with Gasteiger partial charge in [0.2, 0.25) is 0 Å². The summed E-state index contributed by atoms with van der Waals surface area (Å²) in [7, 11) is 1.49. The number of carbonyl (C=O) groups excluding carboxylic acids is 1. The van der Waals surface area contributed by atoms with E-state index in [1.54, 1.807) is 0 Å². The number of benzene rings is 2. The molecule has 134 valence electrons. The first kappa shape index (κ1) is 19.5. The van der Waals surface area contributed by atoms with E-state index in [-0.39, 0.29) is 24.3 Å². The monoisotopic (exact) mass is 359 g/mol. The Morgan fingerprint density at radius 2 is 1.60 bits per heavy atom. The molecule has 0 spiro atoms. The fraction of sp³-hybridized carbons (Fsp3) is 0.381. The number of likely N-dealkylation sites (tertiary alicyclic amines) is 1. The number of hydrogen-bond donors (Lipinski definition) is 0. The van der Waals surface area contributed by atoms with Gasteiger partial charge in [-0.15, -0.1) is 12.4 Å². The van der Waals surface area contributed by atoms with Crippen molar-refractivity contribution in [3.05, 3.63) is 71.8 Å². The van der Waals surface area contributed by atoms with Crippen molar-refractivity contribution in [2.24, 2.45) is 5.92 Å². The van der Waals surface area contributed by atoms with Crippen LogP contribution in [0.5, 0.6) is 0 Å². The maximum atomic E-state index is 12.3. The van der Waals surface area contributed by atoms with Gasteiger partial charge in [-0.2, -0.15) is 0 Å². The average molecular weight is 360 g/mol. The summed E-state index contributed by atoms with van der Waals surface area (Å²) < 4.78 is 5.09. The van der Waals surface area contributed by atoms with E-state index in [0.717, 1.165) is 38.0 Å². The summed E-state index contributed by atoms with van der Waals surface area (Å²) in [6.45, 7) is 3.04. The zero-order valence-corrected chi connectivity index (χ0v) is 15.5. The minimum absolute atomic E-state index is 0. The summed E-state index contributed by atoms with van der Waals surface area (Å²) in [4.78, 5) is 14.8. The Bertz CT molecular complexity index is 639. The number of ether oxygens (including phenoxy) is 1. The predicted molar refractivity (Wildman–Crippen MR) is 103 cm³/mol. The minimum Gasteiger partial charge on any atom is -0.469 e. The predicted octanol–water partition coefficient (Wildman–Crippen LogP) is 4.28. The number of hydrogen-bond acceptors (Lipinski definition) is 3. The van der Waals surface area contributed by atoms with E-state index in [1.165, 1.54) is 12.7 Å². The average Bonchev–Trinajstić information content (AvgIpc) is 2.65. The van der Waals surface area contributed by atoms with Crippen LogP contribution in [-0.4, -0.2) is 31.1 Å². The zero-order valence-electron chi connectivity index (χ0n) is 14.6. The molecule has 1 atom stereocenters. The van der Waals surface area contributed by atoms with Crippen LogP contribution in [0.2, 0.25) is 0 Å². The van der Waals surface area contributed by atoms with Crippen LogP contribution >= 0.6 is 12.4 Å². The molecule has 3 rings (SSSR count). The Balaban J connectivity index is 0.00000225. The lowest BCUT2D eigenvalue weighted by Crippen LogP contribution is -2.37. The summed E-state index contributed by atoms with van der Waals surface area (Å²) in [5, 5.41) is 0. The Hall–Kier alpha value is -1.84. The molecule has 0 saturated carbocycles. The molecule has 2 aromatic rings. The molecular weight excluding hydrogens is 334 g/mol. The van der Waals surface area contributed by atoms with Crippen LogP contribution in [0.3, 0.4) is 0 Å². The van der Waals surface area contributed by atoms with Crippen molar-refractivity contribution in [2.75, 3.05) is 20.2 Å². The van der Waals surface area contributed by atoms with Gasteiger partial charge in [0.15, 0.2) is 0 Å². The van der Waals surface area contributed by atoms with Gasteiger partial charge in [0.25, 0.3) is 0 Å². The van der Waals surface area contributed by atoms with Crippen LogP contribution in [0, 0.1) is 5.92 Å². The zero-order chi connectivity index (χ0) is 16.8. The van der Waals surface area contributed by atoms with Crippen molar-refractivity contribution in [3.63, 3.8) is 0 Å². The van der Waals surface area contributed by atoms with Crippen LogP contribution in [-0.2, 0) is 16.1 Å². The van der Waals surface area contributed by atoms with Gasteiger partial charge >= 0.3 is 5.97 Å². The van der Waals surface area contributed by atoms with E-state index in [4.69, 9.17) is 4.74 Å². The molecule has 25 heavy (non-hydrogen) atoms. The molecule has 1 aliphatic heterocycles. The molecule has 4 heteroatoms. The van der Waals surface area contributed by atoms with Gasteiger partial charge in [-0.05, 0) is 43.0 Å². The first-order chi connectivity index (χ1) is 11.8. The van der Waals surface area contributed by atoms with Gasteiger partial charge in [0.05, 0.1) is 13.0 Å². The van der Waals surface area contributed by atoms with Crippen LogP contribution < -0.4 is 0 Å². The molecule has 1 heterocycles. The standard InChI is InChI=1S/C21H25NO2.ClH/c1-24-21(23)20(18-10-6-3-7-11-18)19-12-14-22(15-13-19)16-17-8-4-2-5-9-17;/h2-11,19-20H,12-16H2,1H3;1H. The van der Waals surface area contributed by atoms with Gasteiger partial charge in [-0.25, -0.2) is 0 Å². The second-order valence-electron chi connectivity index (χ2n) is 6.51. The van der Waals surface area contributed by atoms with Gasteiger partial charge in [-0.3, -0.25) is 9.69 Å². The fourth-order valence-corrected chi connectivity index (χ4v) is 3.67. The van der Waals surface area contributed by atoms with Crippen LogP contribution in [0.25, 0.3) is 0 Å². The van der Waals surface area contributed by atoms with E-state index in [0.29, 0.717) is 5.92 Å². The SMILES string of the molecule is COC(=O)C(c1ccccc1)C1CCN(Cc2ccccc2)CC1.Cl. The molecule has 1 saturated heterocycles. The molecule has 1 unspecified atom stereocenters. The lowest BCUT2D eigenvalue weighted by Gasteiger charge is -2.35. The van der Waals surface area contributed by atoms with E-state index in [9.17, 15) is 4.79 Å². The normalized spacial score (nSPS) is 16.7. The third-order valence-corrected chi connectivity index (χ3v) is 4.97. The molecule has 1 fully saturated rings. The van der Waals surface area contributed by atoms with Crippen molar-refractivity contribution in [1.82, 2.24) is 4.90 Å². The molecule has 0 radical (unpaired) electrons. The summed E-state index contributed by atoms with van der Waals surface area (Å²) in [5.74, 6) is 0.102. The van der Waals surface area contributed by atoms with Crippen molar-refractivity contribution >= 4 is 18.4 Å². The van der Waals surface area contributed by atoms with E-state index in [2.05, 4.69) is 35.2 Å². The maximum absolute atomic E-state index is 12.3. The largest absolute Gasteiger partial charge is 0.469 e. The highest BCUT2D eigenvalue weighted by molar-refractivity contribution is 5.85. The number of nitrogens with zero attached hydrogens (tertiary/aromatic N) is 1. The lowest BCUT2D eigenvalue weighted by atomic mass is 9.80. The molecule has 0 aromatic heterocycles. The number of esters is 1. The second kappa shape index (κ2) is 9.59. The van der Waals surface area contributed by atoms with Gasteiger partial charge < -0.3 is 4.74 Å². The lowest BCUT2D eigenvalue weighted by molar-refractivity contribution is -0.144. The number of piperidine rings is 1. The quantitative estimate of drug-likeness (QED) is 0.746. The van der Waals surface area contributed by atoms with Crippen molar-refractivity contribution in [3.8, 4) is 0 Å². The number of methoxy groups -OCH3 is 1. The topological polar surface area (TPSA) is 29.5 Å². The summed E-state index contributed by atoms with van der Waals surface area (Å²) >= 11 is 0. The fourth-order valence-electron chi connectivity index (χ4n) is 3.67. The molecule has 0 amide bonds. The molecule has 0 N–H and O–H groups in total. The number of halogens is 1. The van der Waals surface area contributed by atoms with Crippen LogP contribution in [0.4, 0.5) is 0 Å². The number of carbonyl (C=O) groups is 1. The molecule has 2 aromatic carbocycles. The number of rotatable bonds is 5. The van der Waals surface area contributed by atoms with Crippen molar-refractivity contribution < 1.29 is 9.53 Å². The summed E-state index contributed by atoms with van der Waals surface area (Å²) in [6, 6.07) is 20.6. The molecular formula is C21H26ClNO2. The van der Waals surface area contributed by atoms with Crippen molar-refractivity contribution in [2.45, 2.75) is 25.3 Å². The third kappa shape index (κ3) is 5.07. The highest BCUT2D eigenvalue weighted by Crippen LogP contribution is 2.34. The molecule has 3 nitrogen and oxygen atoms in total. The molecule has 1 aliphatic rings. The van der Waals surface area contributed by atoms with Crippen LogP contribution in [0.1, 0.15) is 29.9 Å². The van der Waals surface area contributed by atoms with Gasteiger partial charge in [0, 0.05) is 6.54 Å². The first-order valence-electron chi connectivity index (χ1n) is 8.67. The Labute approximate surface area is 156 Å². The highest BCUT2D eigenvalue weighted by atomic mass is 35.5. The summed E-state index contributed by atoms with van der Waals surface area (Å²) in [6.07, 6.45) is 2.06. The summed E-state index contributed by atoms with van der Waals surface area (Å²) in [5.41, 5.74) is 2.43. The smallest absolute Gasteiger partial charge is 0.313 e.